The number of benzene rings is 5. The van der Waals surface area contributed by atoms with Crippen molar-refractivity contribution in [2.75, 3.05) is 10.6 Å². The molecule has 0 fully saturated rings. The van der Waals surface area contributed by atoms with Gasteiger partial charge in [0.2, 0.25) is 0 Å². The molecule has 0 heterocycles. The van der Waals surface area contributed by atoms with Crippen LogP contribution in [0.1, 0.15) is 20.7 Å². The van der Waals surface area contributed by atoms with Crippen LogP contribution in [-0.4, -0.2) is 16.7 Å². The molecule has 0 atom stereocenters. The minimum absolute atomic E-state index is 0.0290. The highest BCUT2D eigenvalue weighted by atomic mass is 16.6. The number of carbonyl (C=O) groups is 2. The molecule has 5 aromatic carbocycles. The molecule has 2 N–H and O–H groups in total. The monoisotopic (exact) mass is 461 g/mol. The average Bonchev–Trinajstić information content (AvgIpc) is 2.88. The number of fused-ring (bicyclic) bond motifs is 2. The van der Waals surface area contributed by atoms with Gasteiger partial charge in [0.1, 0.15) is 0 Å². The molecule has 5 rings (SSSR count). The maximum absolute atomic E-state index is 13.3. The zero-order valence-electron chi connectivity index (χ0n) is 18.4. The van der Waals surface area contributed by atoms with Gasteiger partial charge in [0, 0.05) is 34.3 Å². The molecule has 0 aromatic heterocycles. The summed E-state index contributed by atoms with van der Waals surface area (Å²) in [6.45, 7) is 0. The number of hydrogen-bond donors (Lipinski definition) is 2. The standard InChI is InChI=1S/C28H19N3O4/c32-27(29-25-13-5-9-18-7-1-3-11-21(18)25)23-16-15-20(31(34)35)17-24(23)28(33)30-26-14-6-10-19-8-2-4-12-22(19)26/h1-17H,(H,29,32)(H,30,33). The number of rotatable bonds is 5. The number of anilines is 2. The summed E-state index contributed by atoms with van der Waals surface area (Å²) in [7, 11) is 0. The van der Waals surface area contributed by atoms with E-state index in [2.05, 4.69) is 10.6 Å². The van der Waals surface area contributed by atoms with Gasteiger partial charge < -0.3 is 10.6 Å². The van der Waals surface area contributed by atoms with E-state index < -0.39 is 16.7 Å². The lowest BCUT2D eigenvalue weighted by Gasteiger charge is -2.13. The van der Waals surface area contributed by atoms with Crippen molar-refractivity contribution in [2.24, 2.45) is 0 Å². The second kappa shape index (κ2) is 9.07. The summed E-state index contributed by atoms with van der Waals surface area (Å²) in [5.74, 6) is -1.16. The van der Waals surface area contributed by atoms with Crippen molar-refractivity contribution in [2.45, 2.75) is 0 Å². The van der Waals surface area contributed by atoms with E-state index >= 15 is 0 Å². The van der Waals surface area contributed by atoms with E-state index in [0.29, 0.717) is 11.4 Å². The Morgan fingerprint density at radius 2 is 1.09 bits per heavy atom. The molecule has 0 unspecified atom stereocenters. The molecule has 7 heteroatoms. The van der Waals surface area contributed by atoms with Gasteiger partial charge in [-0.05, 0) is 29.0 Å². The van der Waals surface area contributed by atoms with Gasteiger partial charge in [-0.15, -0.1) is 0 Å². The first-order valence-electron chi connectivity index (χ1n) is 10.9. The second-order valence-corrected chi connectivity index (χ2v) is 7.95. The maximum Gasteiger partial charge on any atom is 0.270 e. The number of hydrogen-bond acceptors (Lipinski definition) is 4. The third kappa shape index (κ3) is 4.30. The maximum atomic E-state index is 13.3. The normalized spacial score (nSPS) is 10.7. The van der Waals surface area contributed by atoms with Crippen LogP contribution in [-0.2, 0) is 0 Å². The topological polar surface area (TPSA) is 101 Å². The summed E-state index contributed by atoms with van der Waals surface area (Å²) >= 11 is 0. The summed E-state index contributed by atoms with van der Waals surface area (Å²) in [5, 5.41) is 20.6. The molecule has 0 saturated carbocycles. The van der Waals surface area contributed by atoms with Crippen LogP contribution in [0.15, 0.2) is 103 Å². The quantitative estimate of drug-likeness (QED) is 0.233. The van der Waals surface area contributed by atoms with Gasteiger partial charge in [-0.25, -0.2) is 0 Å². The SMILES string of the molecule is O=C(Nc1cccc2ccccc12)c1ccc([N+](=O)[O-])cc1C(=O)Nc1cccc2ccccc12. The lowest BCUT2D eigenvalue weighted by Crippen LogP contribution is -2.20. The number of amides is 2. The Labute approximate surface area is 200 Å². The van der Waals surface area contributed by atoms with E-state index in [-0.39, 0.29) is 16.8 Å². The molecule has 7 nitrogen and oxygen atoms in total. The lowest BCUT2D eigenvalue weighted by atomic mass is 10.0. The predicted molar refractivity (Wildman–Crippen MR) is 137 cm³/mol. The fraction of sp³-hybridized carbons (Fsp3) is 0. The van der Waals surface area contributed by atoms with Crippen molar-refractivity contribution >= 4 is 50.4 Å². The molecule has 0 saturated heterocycles. The Morgan fingerprint density at radius 3 is 1.63 bits per heavy atom. The molecule has 0 aliphatic rings. The molecule has 0 aliphatic carbocycles. The van der Waals surface area contributed by atoms with Crippen molar-refractivity contribution in [1.29, 1.82) is 0 Å². The minimum atomic E-state index is -0.617. The van der Waals surface area contributed by atoms with E-state index in [9.17, 15) is 19.7 Å². The Bertz CT molecular complexity index is 1620. The summed E-state index contributed by atoms with van der Waals surface area (Å²) in [4.78, 5) is 37.4. The van der Waals surface area contributed by atoms with Crippen molar-refractivity contribution in [3.63, 3.8) is 0 Å². The number of nitro benzene ring substituents is 1. The van der Waals surface area contributed by atoms with E-state index in [4.69, 9.17) is 0 Å². The van der Waals surface area contributed by atoms with Crippen molar-refractivity contribution in [3.05, 3.63) is 124 Å². The zero-order chi connectivity index (χ0) is 24.4. The third-order valence-corrected chi connectivity index (χ3v) is 5.78. The van der Waals surface area contributed by atoms with E-state index in [1.54, 1.807) is 18.2 Å². The van der Waals surface area contributed by atoms with Crippen molar-refractivity contribution in [1.82, 2.24) is 0 Å². The molecule has 0 spiro atoms. The number of carbonyl (C=O) groups excluding carboxylic acids is 2. The van der Waals surface area contributed by atoms with E-state index in [0.717, 1.165) is 27.6 Å². The first-order chi connectivity index (χ1) is 17.0. The van der Waals surface area contributed by atoms with Gasteiger partial charge in [-0.2, -0.15) is 0 Å². The summed E-state index contributed by atoms with van der Waals surface area (Å²) in [6, 6.07) is 29.7. The van der Waals surface area contributed by atoms with Crippen molar-refractivity contribution < 1.29 is 14.5 Å². The van der Waals surface area contributed by atoms with Gasteiger partial charge in [0.15, 0.2) is 0 Å². The predicted octanol–water partition coefficient (Wildman–Crippen LogP) is 6.41. The second-order valence-electron chi connectivity index (χ2n) is 7.95. The number of non-ortho nitro benzene ring substituents is 1. The van der Waals surface area contributed by atoms with Crippen LogP contribution in [0.2, 0.25) is 0 Å². The number of nitrogens with one attached hydrogen (secondary N) is 2. The Hall–Kier alpha value is -5.04. The summed E-state index contributed by atoms with van der Waals surface area (Å²) in [5.41, 5.74) is 0.771. The molecule has 2 amide bonds. The van der Waals surface area contributed by atoms with Crippen LogP contribution in [0.3, 0.4) is 0 Å². The van der Waals surface area contributed by atoms with Crippen LogP contribution < -0.4 is 10.6 Å². The highest BCUT2D eigenvalue weighted by Crippen LogP contribution is 2.27. The van der Waals surface area contributed by atoms with Gasteiger partial charge in [-0.1, -0.05) is 72.8 Å². The van der Waals surface area contributed by atoms with Crippen LogP contribution in [0.4, 0.5) is 17.1 Å². The zero-order valence-corrected chi connectivity index (χ0v) is 18.4. The number of nitro groups is 1. The molecular weight excluding hydrogens is 442 g/mol. The molecule has 170 valence electrons. The Morgan fingerprint density at radius 1 is 0.600 bits per heavy atom. The molecule has 0 aliphatic heterocycles. The minimum Gasteiger partial charge on any atom is -0.321 e. The fourth-order valence-electron chi connectivity index (χ4n) is 4.08. The summed E-state index contributed by atoms with van der Waals surface area (Å²) < 4.78 is 0. The Balaban J connectivity index is 1.52. The molecule has 0 bridgehead atoms. The molecule has 0 radical (unpaired) electrons. The first kappa shape index (κ1) is 21.8. The lowest BCUT2D eigenvalue weighted by molar-refractivity contribution is -0.384. The smallest absolute Gasteiger partial charge is 0.270 e. The highest BCUT2D eigenvalue weighted by molar-refractivity contribution is 6.18. The van der Waals surface area contributed by atoms with Crippen LogP contribution in [0.25, 0.3) is 21.5 Å². The van der Waals surface area contributed by atoms with E-state index in [1.807, 2.05) is 66.7 Å². The van der Waals surface area contributed by atoms with Crippen LogP contribution >= 0.6 is 0 Å². The van der Waals surface area contributed by atoms with Gasteiger partial charge >= 0.3 is 0 Å². The largest absolute Gasteiger partial charge is 0.321 e. The molecular formula is C28H19N3O4. The van der Waals surface area contributed by atoms with Crippen molar-refractivity contribution in [3.8, 4) is 0 Å². The molecule has 35 heavy (non-hydrogen) atoms. The Kier molecular flexibility index (Phi) is 5.65. The fourth-order valence-corrected chi connectivity index (χ4v) is 4.08. The number of nitrogens with zero attached hydrogens (tertiary/aromatic N) is 1. The summed E-state index contributed by atoms with van der Waals surface area (Å²) in [6.07, 6.45) is 0. The first-order valence-corrected chi connectivity index (χ1v) is 10.9. The van der Waals surface area contributed by atoms with Gasteiger partial charge in [0.05, 0.1) is 16.1 Å². The van der Waals surface area contributed by atoms with Gasteiger partial charge in [0.25, 0.3) is 17.5 Å². The molecule has 5 aromatic rings. The average molecular weight is 461 g/mol. The third-order valence-electron chi connectivity index (χ3n) is 5.78. The van der Waals surface area contributed by atoms with Crippen LogP contribution in [0.5, 0.6) is 0 Å². The van der Waals surface area contributed by atoms with E-state index in [1.165, 1.54) is 12.1 Å². The van der Waals surface area contributed by atoms with Gasteiger partial charge in [-0.3, -0.25) is 19.7 Å². The van der Waals surface area contributed by atoms with Crippen LogP contribution in [0, 0.1) is 10.1 Å². The highest BCUT2D eigenvalue weighted by Gasteiger charge is 2.22.